The molecule has 1 aliphatic rings. The number of pyridine rings is 1. The first-order chi connectivity index (χ1) is 12.8. The largest absolute Gasteiger partial charge is 0.382 e. The zero-order valence-corrected chi connectivity index (χ0v) is 14.9. The molecule has 1 N–H and O–H groups in total. The monoisotopic (exact) mass is 349 g/mol. The lowest BCUT2D eigenvalue weighted by Gasteiger charge is -2.35. The Labute approximate surface area is 153 Å². The minimum Gasteiger partial charge on any atom is -0.382 e. The van der Waals surface area contributed by atoms with E-state index in [0.29, 0.717) is 17.8 Å². The van der Waals surface area contributed by atoms with E-state index in [2.05, 4.69) is 56.5 Å². The van der Waals surface area contributed by atoms with Crippen LogP contribution in [0.15, 0.2) is 59.4 Å². The van der Waals surface area contributed by atoms with Crippen LogP contribution >= 0.6 is 0 Å². The molecule has 0 saturated carbocycles. The summed E-state index contributed by atoms with van der Waals surface area (Å²) in [6, 6.07) is 14.8. The highest BCUT2D eigenvalue weighted by Gasteiger charge is 2.27. The number of hydrogen-bond donors (Lipinski definition) is 1. The smallest absolute Gasteiger partial charge is 0.244 e. The Kier molecular flexibility index (Phi) is 4.93. The van der Waals surface area contributed by atoms with Gasteiger partial charge in [0.05, 0.1) is 6.04 Å². The van der Waals surface area contributed by atoms with Gasteiger partial charge in [0.25, 0.3) is 0 Å². The molecule has 26 heavy (non-hydrogen) atoms. The van der Waals surface area contributed by atoms with Gasteiger partial charge in [-0.1, -0.05) is 23.4 Å². The number of rotatable bonds is 5. The van der Waals surface area contributed by atoms with Gasteiger partial charge in [-0.2, -0.15) is 4.98 Å². The van der Waals surface area contributed by atoms with Crippen LogP contribution in [0.2, 0.25) is 0 Å². The molecule has 0 bridgehead atoms. The summed E-state index contributed by atoms with van der Waals surface area (Å²) in [4.78, 5) is 11.1. The highest BCUT2D eigenvalue weighted by molar-refractivity contribution is 5.51. The Morgan fingerprint density at radius 2 is 1.92 bits per heavy atom. The summed E-state index contributed by atoms with van der Waals surface area (Å²) in [7, 11) is 0. The number of hydrogen-bond acceptors (Lipinski definition) is 6. The first-order valence-electron chi connectivity index (χ1n) is 9.09. The molecular formula is C20H23N5O. The van der Waals surface area contributed by atoms with Gasteiger partial charge in [0.1, 0.15) is 0 Å². The van der Waals surface area contributed by atoms with Crippen molar-refractivity contribution in [3.63, 3.8) is 0 Å². The standard InChI is InChI=1S/C20H23N5O/c1-15(20-23-19(24-26-20)16-6-5-11-21-14-16)25-12-9-18(10-13-25)22-17-7-3-2-4-8-17/h2-8,11,14-15,18,22H,9-10,12-13H2,1H3/t15-/m0/s1. The quantitative estimate of drug-likeness (QED) is 0.756. The van der Waals surface area contributed by atoms with Crippen molar-refractivity contribution < 1.29 is 4.52 Å². The second-order valence-corrected chi connectivity index (χ2v) is 6.69. The summed E-state index contributed by atoms with van der Waals surface area (Å²) in [5.41, 5.74) is 2.07. The minimum absolute atomic E-state index is 0.116. The lowest BCUT2D eigenvalue weighted by Crippen LogP contribution is -2.40. The maximum atomic E-state index is 5.51. The number of benzene rings is 1. The molecular weight excluding hydrogens is 326 g/mol. The van der Waals surface area contributed by atoms with Gasteiger partial charge in [0, 0.05) is 42.8 Å². The van der Waals surface area contributed by atoms with E-state index in [4.69, 9.17) is 4.52 Å². The van der Waals surface area contributed by atoms with E-state index < -0.39 is 0 Å². The number of likely N-dealkylation sites (tertiary alicyclic amines) is 1. The summed E-state index contributed by atoms with van der Waals surface area (Å²) in [5, 5.41) is 7.73. The van der Waals surface area contributed by atoms with Crippen LogP contribution in [0, 0.1) is 0 Å². The normalized spacial score (nSPS) is 17.1. The number of nitrogens with one attached hydrogen (secondary N) is 1. The molecule has 3 aromatic rings. The van der Waals surface area contributed by atoms with Gasteiger partial charge in [-0.05, 0) is 44.0 Å². The van der Waals surface area contributed by atoms with Crippen molar-refractivity contribution >= 4 is 5.69 Å². The van der Waals surface area contributed by atoms with Crippen molar-refractivity contribution in [3.8, 4) is 11.4 Å². The Bertz CT molecular complexity index is 812. The van der Waals surface area contributed by atoms with E-state index >= 15 is 0 Å². The molecule has 1 saturated heterocycles. The number of aromatic nitrogens is 3. The number of nitrogens with zero attached hydrogens (tertiary/aromatic N) is 4. The van der Waals surface area contributed by atoms with E-state index in [0.717, 1.165) is 31.5 Å². The van der Waals surface area contributed by atoms with Crippen LogP contribution in [-0.2, 0) is 0 Å². The van der Waals surface area contributed by atoms with E-state index in [1.54, 1.807) is 12.4 Å². The van der Waals surface area contributed by atoms with Crippen LogP contribution in [0.5, 0.6) is 0 Å². The van der Waals surface area contributed by atoms with Crippen LogP contribution in [0.3, 0.4) is 0 Å². The van der Waals surface area contributed by atoms with E-state index in [1.807, 2.05) is 18.2 Å². The Balaban J connectivity index is 1.35. The Morgan fingerprint density at radius 3 is 2.65 bits per heavy atom. The van der Waals surface area contributed by atoms with Crippen LogP contribution in [0.4, 0.5) is 5.69 Å². The molecule has 1 aromatic carbocycles. The van der Waals surface area contributed by atoms with Crippen molar-refractivity contribution in [2.75, 3.05) is 18.4 Å². The van der Waals surface area contributed by atoms with Crippen LogP contribution in [0.25, 0.3) is 11.4 Å². The fourth-order valence-electron chi connectivity index (χ4n) is 3.37. The highest BCUT2D eigenvalue weighted by atomic mass is 16.5. The van der Waals surface area contributed by atoms with Gasteiger partial charge in [0.2, 0.25) is 11.7 Å². The lowest BCUT2D eigenvalue weighted by atomic mass is 10.0. The molecule has 0 unspecified atom stereocenters. The second-order valence-electron chi connectivity index (χ2n) is 6.69. The zero-order valence-electron chi connectivity index (χ0n) is 14.9. The van der Waals surface area contributed by atoms with Crippen LogP contribution < -0.4 is 5.32 Å². The predicted octanol–water partition coefficient (Wildman–Crippen LogP) is 3.77. The summed E-state index contributed by atoms with van der Waals surface area (Å²) >= 11 is 0. The fourth-order valence-corrected chi connectivity index (χ4v) is 3.37. The predicted molar refractivity (Wildman–Crippen MR) is 101 cm³/mol. The Hall–Kier alpha value is -2.73. The summed E-state index contributed by atoms with van der Waals surface area (Å²) < 4.78 is 5.51. The van der Waals surface area contributed by atoms with Crippen molar-refractivity contribution in [2.45, 2.75) is 31.8 Å². The average molecular weight is 349 g/mol. The van der Waals surface area contributed by atoms with Gasteiger partial charge in [-0.25, -0.2) is 0 Å². The first kappa shape index (κ1) is 16.7. The third-order valence-corrected chi connectivity index (χ3v) is 4.94. The number of anilines is 1. The number of piperidine rings is 1. The van der Waals surface area contributed by atoms with Crippen molar-refractivity contribution in [1.82, 2.24) is 20.0 Å². The van der Waals surface area contributed by atoms with E-state index in [9.17, 15) is 0 Å². The van der Waals surface area contributed by atoms with E-state index in [1.165, 1.54) is 5.69 Å². The van der Waals surface area contributed by atoms with Crippen LogP contribution in [-0.4, -0.2) is 39.2 Å². The molecule has 6 heteroatoms. The molecule has 1 fully saturated rings. The van der Waals surface area contributed by atoms with Gasteiger partial charge in [-0.15, -0.1) is 0 Å². The Morgan fingerprint density at radius 1 is 1.12 bits per heavy atom. The van der Waals surface area contributed by atoms with Crippen molar-refractivity contribution in [1.29, 1.82) is 0 Å². The SMILES string of the molecule is C[C@@H](c1nc(-c2cccnc2)no1)N1CCC(Nc2ccccc2)CC1. The zero-order chi connectivity index (χ0) is 17.8. The second kappa shape index (κ2) is 7.66. The third kappa shape index (κ3) is 3.75. The molecule has 134 valence electrons. The molecule has 3 heterocycles. The molecule has 6 nitrogen and oxygen atoms in total. The molecule has 1 atom stereocenters. The first-order valence-corrected chi connectivity index (χ1v) is 9.09. The topological polar surface area (TPSA) is 67.1 Å². The molecule has 0 spiro atoms. The molecule has 4 rings (SSSR count). The molecule has 0 radical (unpaired) electrons. The van der Waals surface area contributed by atoms with Crippen LogP contribution in [0.1, 0.15) is 31.7 Å². The average Bonchev–Trinajstić information content (AvgIpc) is 3.20. The van der Waals surface area contributed by atoms with Crippen molar-refractivity contribution in [2.24, 2.45) is 0 Å². The lowest BCUT2D eigenvalue weighted by molar-refractivity contribution is 0.140. The number of para-hydroxylation sites is 1. The summed E-state index contributed by atoms with van der Waals surface area (Å²) in [5.74, 6) is 1.26. The highest BCUT2D eigenvalue weighted by Crippen LogP contribution is 2.26. The fraction of sp³-hybridized carbons (Fsp3) is 0.350. The maximum Gasteiger partial charge on any atom is 0.244 e. The maximum absolute atomic E-state index is 5.51. The van der Waals surface area contributed by atoms with Gasteiger partial charge in [0.15, 0.2) is 0 Å². The molecule has 2 aromatic heterocycles. The third-order valence-electron chi connectivity index (χ3n) is 4.94. The summed E-state index contributed by atoms with van der Waals surface area (Å²) in [6.45, 7) is 4.15. The molecule has 1 aliphatic heterocycles. The van der Waals surface area contributed by atoms with E-state index in [-0.39, 0.29) is 6.04 Å². The van der Waals surface area contributed by atoms with Gasteiger partial charge >= 0.3 is 0 Å². The molecule has 0 aliphatic carbocycles. The van der Waals surface area contributed by atoms with Gasteiger partial charge < -0.3 is 9.84 Å². The van der Waals surface area contributed by atoms with Gasteiger partial charge in [-0.3, -0.25) is 9.88 Å². The minimum atomic E-state index is 0.116. The molecule has 0 amide bonds. The summed E-state index contributed by atoms with van der Waals surface area (Å²) in [6.07, 6.45) is 5.69. The van der Waals surface area contributed by atoms with Crippen molar-refractivity contribution in [3.05, 3.63) is 60.7 Å².